The van der Waals surface area contributed by atoms with Crippen molar-refractivity contribution in [3.05, 3.63) is 34.3 Å². The number of nitrogens with zero attached hydrogens (tertiary/aromatic N) is 1. The van der Waals surface area contributed by atoms with Crippen molar-refractivity contribution in [1.82, 2.24) is 4.90 Å². The molecule has 0 aliphatic carbocycles. The fourth-order valence-corrected chi connectivity index (χ4v) is 2.47. The number of aliphatic hydroxyl groups is 1. The molecule has 92 valence electrons. The minimum absolute atomic E-state index is 0.354. The first-order valence-corrected chi connectivity index (χ1v) is 6.34. The van der Waals surface area contributed by atoms with Gasteiger partial charge in [-0.3, -0.25) is 9.69 Å². The summed E-state index contributed by atoms with van der Waals surface area (Å²) in [6.45, 7) is 1.20. The quantitative estimate of drug-likeness (QED) is 0.876. The Hall–Kier alpha value is -0.910. The molecular weight excluding hydrogens is 284 g/mol. The van der Waals surface area contributed by atoms with E-state index in [1.165, 1.54) is 0 Å². The third-order valence-electron chi connectivity index (χ3n) is 3.02. The zero-order valence-corrected chi connectivity index (χ0v) is 10.9. The van der Waals surface area contributed by atoms with Crippen LogP contribution in [-0.2, 0) is 4.79 Å². The lowest BCUT2D eigenvalue weighted by Gasteiger charge is -2.25. The second kappa shape index (κ2) is 5.16. The van der Waals surface area contributed by atoms with Crippen LogP contribution in [0.4, 0.5) is 0 Å². The predicted octanol–water partition coefficient (Wildman–Crippen LogP) is 1.04. The van der Waals surface area contributed by atoms with E-state index >= 15 is 0 Å². The van der Waals surface area contributed by atoms with E-state index in [-0.39, 0.29) is 12.0 Å². The number of primary amides is 1. The van der Waals surface area contributed by atoms with Crippen molar-refractivity contribution < 1.29 is 9.90 Å². The Kier molecular flexibility index (Phi) is 3.81. The van der Waals surface area contributed by atoms with Crippen molar-refractivity contribution in [3.63, 3.8) is 0 Å². The van der Waals surface area contributed by atoms with Gasteiger partial charge in [0.25, 0.3) is 0 Å². The molecule has 2 unspecified atom stereocenters. The summed E-state index contributed by atoms with van der Waals surface area (Å²) in [5.41, 5.74) is 6.33. The van der Waals surface area contributed by atoms with Crippen LogP contribution in [0, 0.1) is 0 Å². The minimum atomic E-state index is -0.444. The number of amides is 1. The van der Waals surface area contributed by atoms with Crippen molar-refractivity contribution in [1.29, 1.82) is 0 Å². The Morgan fingerprint density at radius 1 is 1.47 bits per heavy atom. The average Bonchev–Trinajstić information content (AvgIpc) is 2.68. The second-order valence-corrected chi connectivity index (χ2v) is 5.21. The van der Waals surface area contributed by atoms with Gasteiger partial charge in [-0.05, 0) is 24.1 Å². The van der Waals surface area contributed by atoms with E-state index in [1.807, 2.05) is 29.2 Å². The number of halogens is 1. The molecule has 2 rings (SSSR count). The van der Waals surface area contributed by atoms with Gasteiger partial charge in [0, 0.05) is 17.6 Å². The van der Waals surface area contributed by atoms with Crippen molar-refractivity contribution in [2.45, 2.75) is 18.6 Å². The first kappa shape index (κ1) is 12.5. The molecule has 4 nitrogen and oxygen atoms in total. The molecule has 1 saturated heterocycles. The molecule has 1 aliphatic rings. The SMILES string of the molecule is NC(=O)C(c1ccc(Br)cc1)N1CCC(O)C1. The molecule has 0 aromatic heterocycles. The van der Waals surface area contributed by atoms with Gasteiger partial charge in [0.2, 0.25) is 5.91 Å². The molecule has 5 heteroatoms. The molecule has 1 aromatic carbocycles. The van der Waals surface area contributed by atoms with Gasteiger partial charge in [0.15, 0.2) is 0 Å². The summed E-state index contributed by atoms with van der Waals surface area (Å²) in [5.74, 6) is -0.374. The van der Waals surface area contributed by atoms with Gasteiger partial charge in [0.05, 0.1) is 6.10 Å². The van der Waals surface area contributed by atoms with Crippen molar-refractivity contribution >= 4 is 21.8 Å². The van der Waals surface area contributed by atoms with E-state index in [4.69, 9.17) is 5.73 Å². The van der Waals surface area contributed by atoms with E-state index < -0.39 is 6.04 Å². The van der Waals surface area contributed by atoms with Crippen LogP contribution in [0.15, 0.2) is 28.7 Å². The Balaban J connectivity index is 2.23. The van der Waals surface area contributed by atoms with Crippen LogP contribution < -0.4 is 5.73 Å². The maximum atomic E-state index is 11.6. The topological polar surface area (TPSA) is 66.6 Å². The summed E-state index contributed by atoms with van der Waals surface area (Å²) < 4.78 is 0.964. The van der Waals surface area contributed by atoms with Crippen LogP contribution in [0.25, 0.3) is 0 Å². The van der Waals surface area contributed by atoms with Crippen molar-refractivity contribution in [3.8, 4) is 0 Å². The third kappa shape index (κ3) is 2.86. The van der Waals surface area contributed by atoms with E-state index in [0.29, 0.717) is 19.5 Å². The molecule has 1 fully saturated rings. The molecule has 1 heterocycles. The molecule has 0 spiro atoms. The largest absolute Gasteiger partial charge is 0.392 e. The zero-order chi connectivity index (χ0) is 12.4. The van der Waals surface area contributed by atoms with E-state index in [0.717, 1.165) is 10.0 Å². The van der Waals surface area contributed by atoms with Gasteiger partial charge in [-0.2, -0.15) is 0 Å². The number of likely N-dealkylation sites (tertiary alicyclic amines) is 1. The van der Waals surface area contributed by atoms with Gasteiger partial charge in [-0.1, -0.05) is 28.1 Å². The van der Waals surface area contributed by atoms with E-state index in [1.54, 1.807) is 0 Å². The fraction of sp³-hybridized carbons (Fsp3) is 0.417. The highest BCUT2D eigenvalue weighted by molar-refractivity contribution is 9.10. The van der Waals surface area contributed by atoms with Crippen LogP contribution in [0.2, 0.25) is 0 Å². The number of β-amino-alcohol motifs (C(OH)–C–C–N with tert-alkyl or cyclic N) is 1. The normalized spacial score (nSPS) is 22.6. The first-order chi connectivity index (χ1) is 8.08. The Morgan fingerprint density at radius 3 is 2.59 bits per heavy atom. The third-order valence-corrected chi connectivity index (χ3v) is 3.54. The molecule has 0 saturated carbocycles. The number of aliphatic hydroxyl groups excluding tert-OH is 1. The van der Waals surface area contributed by atoms with Gasteiger partial charge in [-0.25, -0.2) is 0 Å². The summed E-state index contributed by atoms with van der Waals surface area (Å²) in [5, 5.41) is 9.52. The Morgan fingerprint density at radius 2 is 2.12 bits per heavy atom. The van der Waals surface area contributed by atoms with Crippen molar-refractivity contribution in [2.24, 2.45) is 5.73 Å². The van der Waals surface area contributed by atoms with Crippen LogP contribution in [0.5, 0.6) is 0 Å². The van der Waals surface area contributed by atoms with Gasteiger partial charge in [-0.15, -0.1) is 0 Å². The molecule has 1 aromatic rings. The molecule has 2 atom stereocenters. The number of carbonyl (C=O) groups excluding carboxylic acids is 1. The van der Waals surface area contributed by atoms with Crippen LogP contribution >= 0.6 is 15.9 Å². The van der Waals surface area contributed by atoms with Gasteiger partial charge < -0.3 is 10.8 Å². The summed E-state index contributed by atoms with van der Waals surface area (Å²) in [4.78, 5) is 13.5. The highest BCUT2D eigenvalue weighted by Gasteiger charge is 2.31. The number of hydrogen-bond acceptors (Lipinski definition) is 3. The Bertz CT molecular complexity index is 407. The molecule has 17 heavy (non-hydrogen) atoms. The molecule has 1 amide bonds. The highest BCUT2D eigenvalue weighted by Crippen LogP contribution is 2.26. The lowest BCUT2D eigenvalue weighted by atomic mass is 10.1. The molecular formula is C12H15BrN2O2. The van der Waals surface area contributed by atoms with E-state index in [2.05, 4.69) is 15.9 Å². The zero-order valence-electron chi connectivity index (χ0n) is 9.34. The maximum absolute atomic E-state index is 11.6. The standard InChI is InChI=1S/C12H15BrN2O2/c13-9-3-1-8(2-4-9)11(12(14)17)15-6-5-10(16)7-15/h1-4,10-11,16H,5-7H2,(H2,14,17). The summed E-state index contributed by atoms with van der Waals surface area (Å²) in [7, 11) is 0. The van der Waals surface area contributed by atoms with Crippen LogP contribution in [0.1, 0.15) is 18.0 Å². The predicted molar refractivity (Wildman–Crippen MR) is 68.3 cm³/mol. The number of rotatable bonds is 3. The van der Waals surface area contributed by atoms with Gasteiger partial charge >= 0.3 is 0 Å². The van der Waals surface area contributed by atoms with Crippen LogP contribution in [0.3, 0.4) is 0 Å². The lowest BCUT2D eigenvalue weighted by molar-refractivity contribution is -0.123. The van der Waals surface area contributed by atoms with Crippen LogP contribution in [-0.4, -0.2) is 35.1 Å². The van der Waals surface area contributed by atoms with E-state index in [9.17, 15) is 9.90 Å². The monoisotopic (exact) mass is 298 g/mol. The number of carbonyl (C=O) groups is 1. The summed E-state index contributed by atoms with van der Waals surface area (Å²) in [6, 6.07) is 7.09. The summed E-state index contributed by atoms with van der Waals surface area (Å²) in [6.07, 6.45) is 0.340. The van der Waals surface area contributed by atoms with Crippen molar-refractivity contribution in [2.75, 3.05) is 13.1 Å². The maximum Gasteiger partial charge on any atom is 0.239 e. The molecule has 1 aliphatic heterocycles. The fourth-order valence-electron chi connectivity index (χ4n) is 2.20. The number of nitrogens with two attached hydrogens (primary N) is 1. The summed E-state index contributed by atoms with van der Waals surface area (Å²) >= 11 is 3.35. The molecule has 0 bridgehead atoms. The average molecular weight is 299 g/mol. The molecule has 3 N–H and O–H groups in total. The number of benzene rings is 1. The first-order valence-electron chi connectivity index (χ1n) is 5.55. The number of hydrogen-bond donors (Lipinski definition) is 2. The highest BCUT2D eigenvalue weighted by atomic mass is 79.9. The molecule has 0 radical (unpaired) electrons. The van der Waals surface area contributed by atoms with Gasteiger partial charge in [0.1, 0.15) is 6.04 Å². The lowest BCUT2D eigenvalue weighted by Crippen LogP contribution is -2.36. The minimum Gasteiger partial charge on any atom is -0.392 e. The Labute approximate surface area is 109 Å². The second-order valence-electron chi connectivity index (χ2n) is 4.29. The smallest absolute Gasteiger partial charge is 0.239 e.